The number of carbonyl (C=O) groups is 1. The van der Waals surface area contributed by atoms with Crippen LogP contribution in [0.25, 0.3) is 5.70 Å². The molecular weight excluding hydrogens is 532 g/mol. The lowest BCUT2D eigenvalue weighted by molar-refractivity contribution is -0.274. The molecule has 0 unspecified atom stereocenters. The fraction of sp³-hybridized carbons (Fsp3) is 0.120. The standard InChI is InChI=1S/C25H21Cl2F3N4O3/c1-4-7-20(23(27)16(3)26)34-22(14-15(2)33-34)36-21-9-6-5-8-19(21)32-24(35)31-17-10-12-18(13-11-17)37-25(28,29)30/h4-14H,3H2,1-2H3,(H2,31,32,35)/b7-4-,23-20-. The minimum atomic E-state index is -4.81. The predicted octanol–water partition coefficient (Wildman–Crippen LogP) is 8.26. The summed E-state index contributed by atoms with van der Waals surface area (Å²) in [5.74, 6) is 0.165. The van der Waals surface area contributed by atoms with Crippen molar-refractivity contribution in [2.75, 3.05) is 10.6 Å². The third-order valence-electron chi connectivity index (χ3n) is 4.51. The number of rotatable bonds is 8. The Bertz CT molecular complexity index is 1350. The van der Waals surface area contributed by atoms with E-state index in [0.29, 0.717) is 17.1 Å². The third-order valence-corrected chi connectivity index (χ3v) is 5.22. The zero-order chi connectivity index (χ0) is 27.2. The number of benzene rings is 2. The number of ether oxygens (including phenoxy) is 2. The molecule has 0 aliphatic heterocycles. The second-order valence-corrected chi connectivity index (χ2v) is 8.22. The van der Waals surface area contributed by atoms with E-state index in [0.717, 1.165) is 12.1 Å². The van der Waals surface area contributed by atoms with E-state index < -0.39 is 18.1 Å². The molecule has 0 fully saturated rings. The van der Waals surface area contributed by atoms with Gasteiger partial charge in [-0.3, -0.25) is 0 Å². The molecule has 2 aromatic carbocycles. The zero-order valence-corrected chi connectivity index (χ0v) is 21.1. The van der Waals surface area contributed by atoms with Gasteiger partial charge < -0.3 is 20.1 Å². The molecule has 0 spiro atoms. The number of urea groups is 1. The Kier molecular flexibility index (Phi) is 8.90. The smallest absolute Gasteiger partial charge is 0.437 e. The van der Waals surface area contributed by atoms with Gasteiger partial charge >= 0.3 is 12.4 Å². The van der Waals surface area contributed by atoms with E-state index in [2.05, 4.69) is 27.0 Å². The summed E-state index contributed by atoms with van der Waals surface area (Å²) in [4.78, 5) is 12.6. The molecular formula is C25H21Cl2F3N4O3. The Labute approximate surface area is 220 Å². The van der Waals surface area contributed by atoms with Crippen LogP contribution in [0.15, 0.2) is 83.4 Å². The molecule has 0 aliphatic rings. The summed E-state index contributed by atoms with van der Waals surface area (Å²) < 4.78 is 48.3. The van der Waals surface area contributed by atoms with E-state index in [4.69, 9.17) is 27.9 Å². The molecule has 0 aliphatic carbocycles. The number of para-hydroxylation sites is 2. The van der Waals surface area contributed by atoms with Crippen molar-refractivity contribution in [2.45, 2.75) is 20.2 Å². The van der Waals surface area contributed by atoms with Crippen molar-refractivity contribution in [3.05, 3.63) is 89.1 Å². The van der Waals surface area contributed by atoms with Gasteiger partial charge in [0.15, 0.2) is 5.75 Å². The third kappa shape index (κ3) is 7.80. The number of hydrogen-bond acceptors (Lipinski definition) is 4. The maximum absolute atomic E-state index is 12.6. The first-order valence-electron chi connectivity index (χ1n) is 10.6. The largest absolute Gasteiger partial charge is 0.573 e. The monoisotopic (exact) mass is 552 g/mol. The number of halogens is 5. The Morgan fingerprint density at radius 2 is 1.78 bits per heavy atom. The number of allylic oxidation sites excluding steroid dienone is 5. The fourth-order valence-electron chi connectivity index (χ4n) is 3.05. The highest BCUT2D eigenvalue weighted by atomic mass is 35.5. The summed E-state index contributed by atoms with van der Waals surface area (Å²) in [6.45, 7) is 7.22. The molecule has 3 rings (SSSR count). The van der Waals surface area contributed by atoms with Crippen LogP contribution in [-0.2, 0) is 0 Å². The maximum Gasteiger partial charge on any atom is 0.573 e. The average molecular weight is 553 g/mol. The van der Waals surface area contributed by atoms with E-state index in [1.54, 1.807) is 56.3 Å². The molecule has 3 aromatic rings. The van der Waals surface area contributed by atoms with Crippen LogP contribution in [0.3, 0.4) is 0 Å². The number of anilines is 2. The van der Waals surface area contributed by atoms with Crippen molar-refractivity contribution in [1.82, 2.24) is 9.78 Å². The summed E-state index contributed by atoms with van der Waals surface area (Å²) in [6.07, 6.45) is -1.37. The highest BCUT2D eigenvalue weighted by Crippen LogP contribution is 2.34. The quantitative estimate of drug-likeness (QED) is 0.276. The van der Waals surface area contributed by atoms with Crippen molar-refractivity contribution >= 4 is 46.3 Å². The SMILES string of the molecule is C=C(Cl)/C(Cl)=C(\C=C/C)n1nc(C)cc1Oc1ccccc1NC(=O)Nc1ccc(OC(F)(F)F)cc1. The van der Waals surface area contributed by atoms with Crippen LogP contribution in [0.5, 0.6) is 17.4 Å². The Morgan fingerprint density at radius 3 is 2.41 bits per heavy atom. The molecule has 1 heterocycles. The number of aryl methyl sites for hydroxylation is 1. The van der Waals surface area contributed by atoms with E-state index in [-0.39, 0.29) is 27.4 Å². The lowest BCUT2D eigenvalue weighted by Crippen LogP contribution is -2.20. The van der Waals surface area contributed by atoms with Gasteiger partial charge in [0.2, 0.25) is 5.88 Å². The van der Waals surface area contributed by atoms with Gasteiger partial charge in [0.1, 0.15) is 5.75 Å². The van der Waals surface area contributed by atoms with Crippen molar-refractivity contribution in [1.29, 1.82) is 0 Å². The predicted molar refractivity (Wildman–Crippen MR) is 138 cm³/mol. The molecule has 194 valence electrons. The zero-order valence-electron chi connectivity index (χ0n) is 19.6. The number of alkyl halides is 3. The van der Waals surface area contributed by atoms with Gasteiger partial charge in [-0.25, -0.2) is 4.79 Å². The Morgan fingerprint density at radius 1 is 1.11 bits per heavy atom. The van der Waals surface area contributed by atoms with Gasteiger partial charge in [-0.05, 0) is 56.3 Å². The van der Waals surface area contributed by atoms with E-state index >= 15 is 0 Å². The fourth-order valence-corrected chi connectivity index (χ4v) is 3.29. The summed E-state index contributed by atoms with van der Waals surface area (Å²) >= 11 is 12.4. The van der Waals surface area contributed by atoms with E-state index in [1.807, 2.05) is 0 Å². The number of hydrogen-bond donors (Lipinski definition) is 2. The van der Waals surface area contributed by atoms with Crippen LogP contribution in [-0.4, -0.2) is 22.2 Å². The van der Waals surface area contributed by atoms with E-state index in [9.17, 15) is 18.0 Å². The van der Waals surface area contributed by atoms with Crippen molar-refractivity contribution in [3.8, 4) is 17.4 Å². The number of carbonyl (C=O) groups excluding carboxylic acids is 1. The van der Waals surface area contributed by atoms with Crippen LogP contribution in [0.1, 0.15) is 12.6 Å². The number of nitrogens with one attached hydrogen (secondary N) is 2. The molecule has 7 nitrogen and oxygen atoms in total. The highest BCUT2D eigenvalue weighted by molar-refractivity contribution is 6.45. The summed E-state index contributed by atoms with van der Waals surface area (Å²) in [7, 11) is 0. The summed E-state index contributed by atoms with van der Waals surface area (Å²) in [6, 6.07) is 12.4. The van der Waals surface area contributed by atoms with Gasteiger partial charge in [0.25, 0.3) is 0 Å². The molecule has 12 heteroatoms. The van der Waals surface area contributed by atoms with Crippen LogP contribution in [0.2, 0.25) is 0 Å². The van der Waals surface area contributed by atoms with Crippen molar-refractivity contribution in [3.63, 3.8) is 0 Å². The second kappa shape index (κ2) is 11.9. The Hall–Kier alpha value is -3.89. The molecule has 0 bridgehead atoms. The molecule has 0 saturated carbocycles. The lowest BCUT2D eigenvalue weighted by Gasteiger charge is -2.15. The molecule has 0 saturated heterocycles. The number of aromatic nitrogens is 2. The summed E-state index contributed by atoms with van der Waals surface area (Å²) in [5.41, 5.74) is 1.61. The first-order chi connectivity index (χ1) is 17.5. The lowest BCUT2D eigenvalue weighted by atomic mass is 10.3. The van der Waals surface area contributed by atoms with Crippen LogP contribution >= 0.6 is 23.2 Å². The van der Waals surface area contributed by atoms with Gasteiger partial charge in [0, 0.05) is 11.8 Å². The first kappa shape index (κ1) is 27.7. The minimum absolute atomic E-state index is 0.116. The number of amides is 2. The summed E-state index contributed by atoms with van der Waals surface area (Å²) in [5, 5.41) is 9.89. The second-order valence-electron chi connectivity index (χ2n) is 7.39. The van der Waals surface area contributed by atoms with Crippen molar-refractivity contribution in [2.24, 2.45) is 0 Å². The van der Waals surface area contributed by atoms with Gasteiger partial charge in [-0.15, -0.1) is 13.2 Å². The highest BCUT2D eigenvalue weighted by Gasteiger charge is 2.31. The van der Waals surface area contributed by atoms with E-state index in [1.165, 1.54) is 16.8 Å². The van der Waals surface area contributed by atoms with Crippen LogP contribution < -0.4 is 20.1 Å². The molecule has 2 amide bonds. The normalized spacial score (nSPS) is 12.2. The molecule has 0 radical (unpaired) electrons. The van der Waals surface area contributed by atoms with Gasteiger partial charge in [-0.2, -0.15) is 9.78 Å². The maximum atomic E-state index is 12.6. The Balaban J connectivity index is 1.81. The minimum Gasteiger partial charge on any atom is -0.437 e. The van der Waals surface area contributed by atoms with Gasteiger partial charge in [0.05, 0.1) is 27.1 Å². The molecule has 2 N–H and O–H groups in total. The van der Waals surface area contributed by atoms with Gasteiger partial charge in [-0.1, -0.05) is 48.0 Å². The van der Waals surface area contributed by atoms with Crippen LogP contribution in [0.4, 0.5) is 29.3 Å². The number of nitrogens with zero attached hydrogens (tertiary/aromatic N) is 2. The van der Waals surface area contributed by atoms with Crippen LogP contribution in [0, 0.1) is 6.92 Å². The topological polar surface area (TPSA) is 77.4 Å². The van der Waals surface area contributed by atoms with Crippen molar-refractivity contribution < 1.29 is 27.4 Å². The average Bonchev–Trinajstić information content (AvgIpc) is 3.18. The molecule has 37 heavy (non-hydrogen) atoms. The first-order valence-corrected chi connectivity index (χ1v) is 11.4. The molecule has 1 aromatic heterocycles. The molecule has 0 atom stereocenters.